The Hall–Kier alpha value is -3.76. The van der Waals surface area contributed by atoms with E-state index in [4.69, 9.17) is 21.1 Å². The monoisotopic (exact) mass is 568 g/mol. The molecule has 0 aliphatic heterocycles. The Balaban J connectivity index is 1.23. The molecule has 1 N–H and O–H groups in total. The summed E-state index contributed by atoms with van der Waals surface area (Å²) in [7, 11) is 1.48. The Bertz CT molecular complexity index is 1610. The lowest BCUT2D eigenvalue weighted by atomic mass is 9.89. The fourth-order valence-electron chi connectivity index (χ4n) is 4.55. The highest BCUT2D eigenvalue weighted by atomic mass is 35.5. The van der Waals surface area contributed by atoms with E-state index in [2.05, 4.69) is 22.4 Å². The fourth-order valence-corrected chi connectivity index (χ4v) is 6.11. The number of nitrogens with one attached hydrogen (secondary N) is 1. The second-order valence-electron chi connectivity index (χ2n) is 9.40. The molecule has 0 radical (unpaired) electrons. The van der Waals surface area contributed by atoms with E-state index in [0.717, 1.165) is 29.7 Å². The topological polar surface area (TPSA) is 94.8 Å². The number of carbonyl (C=O) groups excluding carboxylic acids is 1. The van der Waals surface area contributed by atoms with Crippen LogP contribution in [0.2, 0.25) is 5.02 Å². The van der Waals surface area contributed by atoms with Crippen molar-refractivity contribution in [1.82, 2.24) is 15.0 Å². The van der Waals surface area contributed by atoms with Gasteiger partial charge in [0.1, 0.15) is 23.8 Å². The number of aromatic nitrogens is 2. The zero-order valence-corrected chi connectivity index (χ0v) is 22.9. The molecule has 8 nitrogen and oxygen atoms in total. The summed E-state index contributed by atoms with van der Waals surface area (Å²) in [5, 5.41) is 4.90. The molecular formula is C28H26ClFN4O4S. The van der Waals surface area contributed by atoms with E-state index in [1.54, 1.807) is 35.6 Å². The summed E-state index contributed by atoms with van der Waals surface area (Å²) in [6.07, 6.45) is 5.72. The van der Waals surface area contributed by atoms with Gasteiger partial charge in [-0.1, -0.05) is 24.6 Å². The Labute approximate surface area is 233 Å². The maximum atomic E-state index is 14.0. The molecule has 202 valence electrons. The molecule has 1 aliphatic rings. The van der Waals surface area contributed by atoms with Gasteiger partial charge in [0, 0.05) is 10.4 Å². The number of nitrogens with zero attached hydrogens (tertiary/aromatic N) is 3. The first kappa shape index (κ1) is 26.8. The maximum absolute atomic E-state index is 14.0. The Morgan fingerprint density at radius 3 is 2.97 bits per heavy atom. The van der Waals surface area contributed by atoms with Gasteiger partial charge in [-0.15, -0.1) is 11.3 Å². The lowest BCUT2D eigenvalue weighted by Crippen LogP contribution is -2.30. The van der Waals surface area contributed by atoms with E-state index >= 15 is 0 Å². The minimum Gasteiger partial charge on any atom is -0.493 e. The SMILES string of the molecule is COc1cc(/C=N\NC(=O)Cn2cnc3sc4c(c3c2=O)CC[C@@H](C)C4)ccc1OCc1c(F)cccc1Cl. The van der Waals surface area contributed by atoms with Gasteiger partial charge in [-0.25, -0.2) is 14.8 Å². The number of benzene rings is 2. The lowest BCUT2D eigenvalue weighted by Gasteiger charge is -2.17. The number of hydrogen-bond acceptors (Lipinski definition) is 7. The van der Waals surface area contributed by atoms with Crippen LogP contribution in [-0.4, -0.2) is 28.8 Å². The molecule has 0 unspecified atom stereocenters. The molecule has 5 rings (SSSR count). The van der Waals surface area contributed by atoms with Crippen LogP contribution in [0.3, 0.4) is 0 Å². The molecule has 11 heteroatoms. The van der Waals surface area contributed by atoms with Crippen molar-refractivity contribution in [3.63, 3.8) is 0 Å². The van der Waals surface area contributed by atoms with Gasteiger partial charge in [-0.2, -0.15) is 5.10 Å². The molecule has 4 aromatic rings. The van der Waals surface area contributed by atoms with Crippen molar-refractivity contribution in [2.24, 2.45) is 11.0 Å². The van der Waals surface area contributed by atoms with Crippen molar-refractivity contribution in [2.45, 2.75) is 39.3 Å². The summed E-state index contributed by atoms with van der Waals surface area (Å²) in [6.45, 7) is 1.94. The summed E-state index contributed by atoms with van der Waals surface area (Å²) < 4.78 is 26.4. The summed E-state index contributed by atoms with van der Waals surface area (Å²) in [4.78, 5) is 32.0. The van der Waals surface area contributed by atoms with Crippen LogP contribution in [0, 0.1) is 11.7 Å². The van der Waals surface area contributed by atoms with Crippen molar-refractivity contribution in [3.05, 3.63) is 85.5 Å². The molecule has 0 fully saturated rings. The van der Waals surface area contributed by atoms with E-state index in [0.29, 0.717) is 28.4 Å². The zero-order valence-electron chi connectivity index (χ0n) is 21.4. The average molecular weight is 569 g/mol. The number of fused-ring (bicyclic) bond motifs is 3. The number of ether oxygens (including phenoxy) is 2. The molecule has 1 atom stereocenters. The van der Waals surface area contributed by atoms with Crippen LogP contribution in [0.25, 0.3) is 10.2 Å². The molecular weight excluding hydrogens is 543 g/mol. The van der Waals surface area contributed by atoms with Gasteiger partial charge in [0.15, 0.2) is 11.5 Å². The van der Waals surface area contributed by atoms with Gasteiger partial charge in [-0.05, 0) is 66.6 Å². The quantitative estimate of drug-likeness (QED) is 0.235. The third-order valence-corrected chi connectivity index (χ3v) is 8.14. The number of methoxy groups -OCH3 is 1. The van der Waals surface area contributed by atoms with Crippen LogP contribution >= 0.6 is 22.9 Å². The van der Waals surface area contributed by atoms with Gasteiger partial charge in [0.05, 0.1) is 30.1 Å². The number of rotatable bonds is 8. The summed E-state index contributed by atoms with van der Waals surface area (Å²) in [6, 6.07) is 9.46. The van der Waals surface area contributed by atoms with Crippen molar-refractivity contribution in [3.8, 4) is 11.5 Å². The van der Waals surface area contributed by atoms with E-state index in [9.17, 15) is 14.0 Å². The molecule has 0 spiro atoms. The van der Waals surface area contributed by atoms with E-state index in [1.807, 2.05) is 0 Å². The molecule has 0 bridgehead atoms. The minimum absolute atomic E-state index is 0.0707. The largest absolute Gasteiger partial charge is 0.493 e. The number of carbonyl (C=O) groups is 1. The second-order valence-corrected chi connectivity index (χ2v) is 10.9. The smallest absolute Gasteiger partial charge is 0.262 e. The van der Waals surface area contributed by atoms with E-state index < -0.39 is 11.7 Å². The zero-order chi connectivity index (χ0) is 27.5. The predicted octanol–water partition coefficient (Wildman–Crippen LogP) is 5.11. The van der Waals surface area contributed by atoms with Crippen molar-refractivity contribution < 1.29 is 18.7 Å². The highest BCUT2D eigenvalue weighted by Crippen LogP contribution is 2.35. The van der Waals surface area contributed by atoms with Gasteiger partial charge >= 0.3 is 0 Å². The van der Waals surface area contributed by atoms with Gasteiger partial charge in [-0.3, -0.25) is 14.2 Å². The van der Waals surface area contributed by atoms with E-state index in [1.165, 1.54) is 41.2 Å². The van der Waals surface area contributed by atoms with Gasteiger partial charge in [0.2, 0.25) is 0 Å². The number of thiophene rings is 1. The normalized spacial score (nSPS) is 14.9. The number of halogens is 2. The summed E-state index contributed by atoms with van der Waals surface area (Å²) in [5.74, 6) is 0.477. The van der Waals surface area contributed by atoms with E-state index in [-0.39, 0.29) is 29.3 Å². The lowest BCUT2D eigenvalue weighted by molar-refractivity contribution is -0.121. The van der Waals surface area contributed by atoms with Crippen LogP contribution < -0.4 is 20.5 Å². The molecule has 0 saturated carbocycles. The van der Waals surface area contributed by atoms with Crippen LogP contribution in [0.15, 0.2) is 52.6 Å². The Morgan fingerprint density at radius 2 is 2.18 bits per heavy atom. The van der Waals surface area contributed by atoms with Gasteiger partial charge < -0.3 is 9.47 Å². The molecule has 0 saturated heterocycles. The molecule has 2 heterocycles. The third-order valence-electron chi connectivity index (χ3n) is 6.62. The highest BCUT2D eigenvalue weighted by molar-refractivity contribution is 7.18. The first-order valence-corrected chi connectivity index (χ1v) is 13.6. The summed E-state index contributed by atoms with van der Waals surface area (Å²) in [5.41, 5.74) is 4.19. The average Bonchev–Trinajstić information content (AvgIpc) is 3.28. The Kier molecular flexibility index (Phi) is 7.94. The molecule has 39 heavy (non-hydrogen) atoms. The number of hydrogen-bond donors (Lipinski definition) is 1. The summed E-state index contributed by atoms with van der Waals surface area (Å²) >= 11 is 7.64. The highest BCUT2D eigenvalue weighted by Gasteiger charge is 2.23. The number of hydrazone groups is 1. The molecule has 2 aromatic heterocycles. The Morgan fingerprint density at radius 1 is 1.33 bits per heavy atom. The molecule has 2 aromatic carbocycles. The van der Waals surface area contributed by atoms with Crippen LogP contribution in [0.1, 0.15) is 34.9 Å². The third kappa shape index (κ3) is 5.81. The number of amides is 1. The first-order chi connectivity index (χ1) is 18.8. The predicted molar refractivity (Wildman–Crippen MR) is 150 cm³/mol. The standard InChI is InChI=1S/C28H26ClFN4O4S/c1-16-6-8-18-24(10-16)39-27-26(18)28(36)34(15-31-27)13-25(35)33-32-12-17-7-9-22(23(11-17)37-2)38-14-19-20(29)4-3-5-21(19)30/h3-5,7,9,11-12,15-16H,6,8,10,13-14H2,1-2H3,(H,33,35)/b32-12-/t16-/m1/s1. The minimum atomic E-state index is -0.457. The van der Waals surface area contributed by atoms with Crippen LogP contribution in [0.4, 0.5) is 4.39 Å². The first-order valence-electron chi connectivity index (χ1n) is 12.4. The molecule has 1 amide bonds. The van der Waals surface area contributed by atoms with Crippen molar-refractivity contribution in [1.29, 1.82) is 0 Å². The van der Waals surface area contributed by atoms with Crippen LogP contribution in [0.5, 0.6) is 11.5 Å². The van der Waals surface area contributed by atoms with Gasteiger partial charge in [0.25, 0.3) is 11.5 Å². The van der Waals surface area contributed by atoms with Crippen molar-refractivity contribution >= 4 is 45.3 Å². The number of aryl methyl sites for hydroxylation is 1. The van der Waals surface area contributed by atoms with Crippen molar-refractivity contribution in [2.75, 3.05) is 7.11 Å². The second kappa shape index (κ2) is 11.5. The fraction of sp³-hybridized carbons (Fsp3) is 0.286. The molecule has 1 aliphatic carbocycles. The maximum Gasteiger partial charge on any atom is 0.262 e. The van der Waals surface area contributed by atoms with Crippen LogP contribution in [-0.2, 0) is 30.8 Å².